The van der Waals surface area contributed by atoms with Gasteiger partial charge in [-0.05, 0) is 40.9 Å². The van der Waals surface area contributed by atoms with Crippen molar-refractivity contribution in [3.05, 3.63) is 38.3 Å². The van der Waals surface area contributed by atoms with Crippen molar-refractivity contribution in [2.24, 2.45) is 0 Å². The molecule has 0 unspecified atom stereocenters. The molecule has 102 valence electrons. The topological polar surface area (TPSA) is 83.7 Å². The number of amides is 1. The molecule has 1 N–H and O–H groups in total. The number of rotatable bonds is 3. The summed E-state index contributed by atoms with van der Waals surface area (Å²) >= 11 is 3.08. The Hall–Kier alpha value is -1.47. The first-order valence-corrected chi connectivity index (χ1v) is 6.69. The van der Waals surface area contributed by atoms with Crippen LogP contribution in [0.5, 0.6) is 0 Å². The highest BCUT2D eigenvalue weighted by Gasteiger charge is 2.29. The number of nitro groups is 1. The Balaban J connectivity index is 2.29. The van der Waals surface area contributed by atoms with Crippen molar-refractivity contribution >= 4 is 27.5 Å². The van der Waals surface area contributed by atoms with E-state index >= 15 is 0 Å². The van der Waals surface area contributed by atoms with Gasteiger partial charge in [-0.25, -0.2) is 0 Å². The Morgan fingerprint density at radius 2 is 2.32 bits per heavy atom. The van der Waals surface area contributed by atoms with Crippen LogP contribution in [0.1, 0.15) is 23.2 Å². The van der Waals surface area contributed by atoms with Gasteiger partial charge in [0, 0.05) is 18.2 Å². The molecule has 19 heavy (non-hydrogen) atoms. The minimum absolute atomic E-state index is 0.0790. The summed E-state index contributed by atoms with van der Waals surface area (Å²) in [7, 11) is 0. The average Bonchev–Trinajstić information content (AvgIpc) is 2.86. The zero-order chi connectivity index (χ0) is 14.0. The lowest BCUT2D eigenvalue weighted by molar-refractivity contribution is -0.385. The number of benzene rings is 1. The number of aliphatic hydroxyl groups is 1. The van der Waals surface area contributed by atoms with Gasteiger partial charge in [0.05, 0.1) is 22.0 Å². The van der Waals surface area contributed by atoms with Gasteiger partial charge in [0.25, 0.3) is 11.6 Å². The molecule has 0 aromatic heterocycles. The van der Waals surface area contributed by atoms with E-state index in [0.717, 1.165) is 12.8 Å². The van der Waals surface area contributed by atoms with Crippen LogP contribution in [-0.2, 0) is 0 Å². The number of aliphatic hydroxyl groups excluding tert-OH is 1. The van der Waals surface area contributed by atoms with E-state index in [4.69, 9.17) is 0 Å². The molecule has 1 heterocycles. The van der Waals surface area contributed by atoms with Gasteiger partial charge >= 0.3 is 0 Å². The maximum absolute atomic E-state index is 12.3. The molecule has 2 rings (SSSR count). The first-order chi connectivity index (χ1) is 9.04. The molecule has 1 fully saturated rings. The molecule has 0 aliphatic carbocycles. The summed E-state index contributed by atoms with van der Waals surface area (Å²) < 4.78 is 0.342. The minimum atomic E-state index is -0.533. The molecular formula is C12H13BrN2O4. The van der Waals surface area contributed by atoms with E-state index in [1.807, 2.05) is 0 Å². The SMILES string of the molecule is O=C(c1ccc(Br)c([N+](=O)[O-])c1)N1CCC[C@H]1CO. The number of nitro benzene ring substituents is 1. The predicted octanol–water partition coefficient (Wildman–Crippen LogP) is 1.95. The molecule has 0 bridgehead atoms. The predicted molar refractivity (Wildman–Crippen MR) is 71.9 cm³/mol. The molecule has 0 spiro atoms. The molecule has 1 saturated heterocycles. The Kier molecular flexibility index (Phi) is 4.16. The van der Waals surface area contributed by atoms with Crippen LogP contribution in [0.4, 0.5) is 5.69 Å². The molecule has 1 aliphatic rings. The fourth-order valence-corrected chi connectivity index (χ4v) is 2.64. The van der Waals surface area contributed by atoms with E-state index in [1.54, 1.807) is 11.0 Å². The second-order valence-corrected chi connectivity index (χ2v) is 5.25. The third kappa shape index (κ3) is 2.76. The van der Waals surface area contributed by atoms with Crippen molar-refractivity contribution < 1.29 is 14.8 Å². The lowest BCUT2D eigenvalue weighted by atomic mass is 10.1. The fraction of sp³-hybridized carbons (Fsp3) is 0.417. The highest BCUT2D eigenvalue weighted by atomic mass is 79.9. The largest absolute Gasteiger partial charge is 0.394 e. The van der Waals surface area contributed by atoms with Crippen LogP contribution in [-0.4, -0.2) is 40.0 Å². The van der Waals surface area contributed by atoms with Gasteiger partial charge in [-0.3, -0.25) is 14.9 Å². The van der Waals surface area contributed by atoms with E-state index in [1.165, 1.54) is 12.1 Å². The molecule has 0 saturated carbocycles. The molecule has 6 nitrogen and oxygen atoms in total. The van der Waals surface area contributed by atoms with Crippen molar-refractivity contribution in [3.63, 3.8) is 0 Å². The molecule has 1 aliphatic heterocycles. The maximum Gasteiger partial charge on any atom is 0.284 e. The van der Waals surface area contributed by atoms with E-state index < -0.39 is 4.92 Å². The highest BCUT2D eigenvalue weighted by molar-refractivity contribution is 9.10. The molecular weight excluding hydrogens is 316 g/mol. The van der Waals surface area contributed by atoms with Crippen molar-refractivity contribution in [3.8, 4) is 0 Å². The summed E-state index contributed by atoms with van der Waals surface area (Å²) in [5, 5.41) is 20.1. The third-order valence-corrected chi connectivity index (χ3v) is 3.91. The fourth-order valence-electron chi connectivity index (χ4n) is 2.24. The van der Waals surface area contributed by atoms with E-state index in [9.17, 15) is 20.0 Å². The number of hydrogen-bond acceptors (Lipinski definition) is 4. The number of likely N-dealkylation sites (tertiary alicyclic amines) is 1. The number of halogens is 1. The van der Waals surface area contributed by atoms with Crippen LogP contribution in [0.25, 0.3) is 0 Å². The maximum atomic E-state index is 12.3. The van der Waals surface area contributed by atoms with Gasteiger partial charge in [-0.2, -0.15) is 0 Å². The van der Waals surface area contributed by atoms with E-state index in [-0.39, 0.29) is 29.8 Å². The number of carbonyl (C=O) groups excluding carboxylic acids is 1. The Bertz CT molecular complexity index is 520. The smallest absolute Gasteiger partial charge is 0.284 e. The summed E-state index contributed by atoms with van der Waals surface area (Å²) in [4.78, 5) is 24.2. The monoisotopic (exact) mass is 328 g/mol. The van der Waals surface area contributed by atoms with Gasteiger partial charge in [0.2, 0.25) is 0 Å². The summed E-state index contributed by atoms with van der Waals surface area (Å²) in [6, 6.07) is 4.12. The molecule has 1 aromatic carbocycles. The van der Waals surface area contributed by atoms with Crippen LogP contribution >= 0.6 is 15.9 Å². The second-order valence-electron chi connectivity index (χ2n) is 4.40. The van der Waals surface area contributed by atoms with Crippen molar-refractivity contribution in [2.45, 2.75) is 18.9 Å². The Morgan fingerprint density at radius 3 is 2.95 bits per heavy atom. The summed E-state index contributed by atoms with van der Waals surface area (Å²) in [6.07, 6.45) is 1.61. The number of hydrogen-bond donors (Lipinski definition) is 1. The summed E-state index contributed by atoms with van der Waals surface area (Å²) in [6.45, 7) is 0.498. The normalized spacial score (nSPS) is 18.6. The zero-order valence-electron chi connectivity index (χ0n) is 10.1. The van der Waals surface area contributed by atoms with E-state index in [2.05, 4.69) is 15.9 Å². The highest BCUT2D eigenvalue weighted by Crippen LogP contribution is 2.27. The van der Waals surface area contributed by atoms with Crippen molar-refractivity contribution in [1.82, 2.24) is 4.90 Å². The van der Waals surface area contributed by atoms with E-state index in [0.29, 0.717) is 11.0 Å². The van der Waals surface area contributed by atoms with Gasteiger partial charge in [-0.15, -0.1) is 0 Å². The number of nitrogens with zero attached hydrogens (tertiary/aromatic N) is 2. The molecule has 1 aromatic rings. The van der Waals surface area contributed by atoms with Gasteiger partial charge in [-0.1, -0.05) is 0 Å². The summed E-state index contributed by atoms with van der Waals surface area (Å²) in [5.74, 6) is -0.271. The zero-order valence-corrected chi connectivity index (χ0v) is 11.7. The molecule has 1 amide bonds. The average molecular weight is 329 g/mol. The standard InChI is InChI=1S/C12H13BrN2O4/c13-10-4-3-8(6-11(10)15(18)19)12(17)14-5-1-2-9(14)7-16/h3-4,6,9,16H,1-2,5,7H2/t9-/m0/s1. The van der Waals surface area contributed by atoms with Crippen molar-refractivity contribution in [1.29, 1.82) is 0 Å². The molecule has 1 atom stereocenters. The van der Waals surface area contributed by atoms with Gasteiger partial charge in [0.15, 0.2) is 0 Å². The summed E-state index contributed by atoms with van der Waals surface area (Å²) in [5.41, 5.74) is 0.140. The van der Waals surface area contributed by atoms with Crippen LogP contribution in [0, 0.1) is 10.1 Å². The first kappa shape index (κ1) is 14.0. The third-order valence-electron chi connectivity index (χ3n) is 3.24. The second kappa shape index (κ2) is 5.66. The minimum Gasteiger partial charge on any atom is -0.394 e. The Labute approximate surface area is 118 Å². The lowest BCUT2D eigenvalue weighted by Crippen LogP contribution is -2.37. The van der Waals surface area contributed by atoms with Crippen LogP contribution in [0.2, 0.25) is 0 Å². The first-order valence-electron chi connectivity index (χ1n) is 5.90. The van der Waals surface area contributed by atoms with Crippen LogP contribution in [0.3, 0.4) is 0 Å². The van der Waals surface area contributed by atoms with Crippen LogP contribution in [0.15, 0.2) is 22.7 Å². The van der Waals surface area contributed by atoms with Crippen LogP contribution < -0.4 is 0 Å². The number of carbonyl (C=O) groups is 1. The molecule has 0 radical (unpaired) electrons. The van der Waals surface area contributed by atoms with Gasteiger partial charge < -0.3 is 10.0 Å². The molecule has 7 heteroatoms. The van der Waals surface area contributed by atoms with Crippen molar-refractivity contribution in [2.75, 3.05) is 13.2 Å². The van der Waals surface area contributed by atoms with Gasteiger partial charge in [0.1, 0.15) is 0 Å². The Morgan fingerprint density at radius 1 is 1.58 bits per heavy atom. The quantitative estimate of drug-likeness (QED) is 0.679. The lowest BCUT2D eigenvalue weighted by Gasteiger charge is -2.23.